The van der Waals surface area contributed by atoms with Crippen LogP contribution in [-0.4, -0.2) is 18.5 Å². The van der Waals surface area contributed by atoms with Crippen molar-refractivity contribution in [2.75, 3.05) is 11.9 Å². The van der Waals surface area contributed by atoms with Gasteiger partial charge in [0.1, 0.15) is 10.6 Å². The van der Waals surface area contributed by atoms with Gasteiger partial charge < -0.3 is 10.1 Å². The molecule has 0 aliphatic carbocycles. The van der Waals surface area contributed by atoms with Crippen LogP contribution in [0.15, 0.2) is 72.1 Å². The average molecular weight is 377 g/mol. The van der Waals surface area contributed by atoms with Crippen LogP contribution in [0.25, 0.3) is 17.2 Å². The standard InChI is InChI=1S/C22H19NO3S/c1-2-26-22(25)20-18(17-11-7-4-8-12-17)15-27-21(20)23-19(24)14-13-16-9-5-3-6-10-16/h3-15H,2H2,1H3,(H,23,24)/b14-13-. The molecule has 0 saturated carbocycles. The number of thiophene rings is 1. The van der Waals surface area contributed by atoms with Gasteiger partial charge in [-0.15, -0.1) is 11.3 Å². The molecular weight excluding hydrogens is 358 g/mol. The van der Waals surface area contributed by atoms with Gasteiger partial charge in [-0.2, -0.15) is 0 Å². The molecule has 0 fully saturated rings. The van der Waals surface area contributed by atoms with Gasteiger partial charge in [0.25, 0.3) is 0 Å². The summed E-state index contributed by atoms with van der Waals surface area (Å²) in [6.07, 6.45) is 3.18. The zero-order chi connectivity index (χ0) is 19.1. The number of carbonyl (C=O) groups excluding carboxylic acids is 2. The van der Waals surface area contributed by atoms with Gasteiger partial charge in [0.2, 0.25) is 5.91 Å². The Kier molecular flexibility index (Phi) is 6.18. The summed E-state index contributed by atoms with van der Waals surface area (Å²) in [5, 5.41) is 5.14. The van der Waals surface area contributed by atoms with E-state index in [1.165, 1.54) is 17.4 Å². The third-order valence-electron chi connectivity index (χ3n) is 3.82. The minimum absolute atomic E-state index is 0.268. The van der Waals surface area contributed by atoms with Crippen molar-refractivity contribution in [2.45, 2.75) is 6.92 Å². The van der Waals surface area contributed by atoms with Crippen LogP contribution in [-0.2, 0) is 9.53 Å². The summed E-state index contributed by atoms with van der Waals surface area (Å²) in [6.45, 7) is 2.03. The Morgan fingerprint density at radius 2 is 1.70 bits per heavy atom. The highest BCUT2D eigenvalue weighted by Gasteiger charge is 2.22. The Bertz CT molecular complexity index is 946. The van der Waals surface area contributed by atoms with Crippen LogP contribution in [0, 0.1) is 0 Å². The van der Waals surface area contributed by atoms with Crippen LogP contribution in [0.5, 0.6) is 0 Å². The maximum absolute atomic E-state index is 12.5. The van der Waals surface area contributed by atoms with E-state index in [1.807, 2.05) is 66.0 Å². The van der Waals surface area contributed by atoms with Crippen molar-refractivity contribution in [3.63, 3.8) is 0 Å². The topological polar surface area (TPSA) is 55.4 Å². The fourth-order valence-electron chi connectivity index (χ4n) is 2.58. The number of amides is 1. The van der Waals surface area contributed by atoms with E-state index in [0.717, 1.165) is 16.7 Å². The molecule has 3 rings (SSSR count). The Hall–Kier alpha value is -3.18. The zero-order valence-corrected chi connectivity index (χ0v) is 15.7. The summed E-state index contributed by atoms with van der Waals surface area (Å²) in [6, 6.07) is 19.1. The smallest absolute Gasteiger partial charge is 0.341 e. The summed E-state index contributed by atoms with van der Waals surface area (Å²) in [5.74, 6) is -0.745. The van der Waals surface area contributed by atoms with Crippen molar-refractivity contribution in [3.05, 3.63) is 83.2 Å². The van der Waals surface area contributed by atoms with Gasteiger partial charge in [0.05, 0.1) is 6.61 Å². The Labute approximate surface area is 162 Å². The van der Waals surface area contributed by atoms with Crippen LogP contribution in [0.3, 0.4) is 0 Å². The summed E-state index contributed by atoms with van der Waals surface area (Å²) in [5.41, 5.74) is 2.96. The summed E-state index contributed by atoms with van der Waals surface area (Å²) in [7, 11) is 0. The van der Waals surface area contributed by atoms with Gasteiger partial charge in [-0.25, -0.2) is 4.79 Å². The van der Waals surface area contributed by atoms with Crippen LogP contribution < -0.4 is 5.32 Å². The SMILES string of the molecule is CCOC(=O)c1c(-c2ccccc2)csc1NC(=O)/C=C\c1ccccc1. The first-order valence-electron chi connectivity index (χ1n) is 8.57. The van der Waals surface area contributed by atoms with E-state index in [1.54, 1.807) is 13.0 Å². The van der Waals surface area contributed by atoms with Gasteiger partial charge in [-0.1, -0.05) is 60.7 Å². The molecule has 1 amide bonds. The van der Waals surface area contributed by atoms with E-state index < -0.39 is 5.97 Å². The number of rotatable bonds is 6. The number of hydrogen-bond acceptors (Lipinski definition) is 4. The number of ether oxygens (including phenoxy) is 1. The number of esters is 1. The molecule has 0 bridgehead atoms. The highest BCUT2D eigenvalue weighted by atomic mass is 32.1. The predicted molar refractivity (Wildman–Crippen MR) is 110 cm³/mol. The molecule has 0 unspecified atom stereocenters. The van der Waals surface area contributed by atoms with Gasteiger partial charge in [0.15, 0.2) is 0 Å². The lowest BCUT2D eigenvalue weighted by Gasteiger charge is -2.07. The van der Waals surface area contributed by atoms with Crippen molar-refractivity contribution >= 4 is 34.3 Å². The zero-order valence-electron chi connectivity index (χ0n) is 14.8. The molecule has 0 aliphatic heterocycles. The van der Waals surface area contributed by atoms with Crippen molar-refractivity contribution in [2.24, 2.45) is 0 Å². The number of nitrogens with one attached hydrogen (secondary N) is 1. The molecule has 0 atom stereocenters. The third-order valence-corrected chi connectivity index (χ3v) is 4.71. The largest absolute Gasteiger partial charge is 0.462 e. The lowest BCUT2D eigenvalue weighted by atomic mass is 10.0. The quantitative estimate of drug-likeness (QED) is 0.472. The van der Waals surface area contributed by atoms with Crippen LogP contribution >= 0.6 is 11.3 Å². The monoisotopic (exact) mass is 377 g/mol. The number of carbonyl (C=O) groups is 2. The van der Waals surface area contributed by atoms with Crippen molar-refractivity contribution < 1.29 is 14.3 Å². The summed E-state index contributed by atoms with van der Waals surface area (Å²) in [4.78, 5) is 24.8. The third kappa shape index (κ3) is 4.71. The first kappa shape index (κ1) is 18.6. The number of hydrogen-bond donors (Lipinski definition) is 1. The second-order valence-electron chi connectivity index (χ2n) is 5.67. The molecule has 0 radical (unpaired) electrons. The number of anilines is 1. The minimum Gasteiger partial charge on any atom is -0.462 e. The highest BCUT2D eigenvalue weighted by molar-refractivity contribution is 7.15. The number of benzene rings is 2. The van der Waals surface area contributed by atoms with E-state index in [2.05, 4.69) is 5.32 Å². The van der Waals surface area contributed by atoms with E-state index >= 15 is 0 Å². The molecular formula is C22H19NO3S. The van der Waals surface area contributed by atoms with Crippen molar-refractivity contribution in [1.82, 2.24) is 0 Å². The molecule has 0 aliphatic rings. The highest BCUT2D eigenvalue weighted by Crippen LogP contribution is 2.36. The molecule has 4 nitrogen and oxygen atoms in total. The van der Waals surface area contributed by atoms with Crippen molar-refractivity contribution in [3.8, 4) is 11.1 Å². The molecule has 1 aromatic heterocycles. The Morgan fingerprint density at radius 3 is 2.37 bits per heavy atom. The lowest BCUT2D eigenvalue weighted by molar-refractivity contribution is -0.111. The van der Waals surface area contributed by atoms with Gasteiger partial charge >= 0.3 is 5.97 Å². The molecule has 1 heterocycles. The molecule has 1 N–H and O–H groups in total. The fraction of sp³-hybridized carbons (Fsp3) is 0.0909. The second-order valence-corrected chi connectivity index (χ2v) is 6.55. The molecule has 0 spiro atoms. The van der Waals surface area contributed by atoms with E-state index in [0.29, 0.717) is 10.6 Å². The van der Waals surface area contributed by atoms with Crippen LogP contribution in [0.2, 0.25) is 0 Å². The normalized spacial score (nSPS) is 10.7. The van der Waals surface area contributed by atoms with Gasteiger partial charge in [0, 0.05) is 17.0 Å². The van der Waals surface area contributed by atoms with E-state index in [-0.39, 0.29) is 12.5 Å². The fourth-order valence-corrected chi connectivity index (χ4v) is 3.54. The Balaban J connectivity index is 1.86. The molecule has 27 heavy (non-hydrogen) atoms. The molecule has 0 saturated heterocycles. The average Bonchev–Trinajstić information content (AvgIpc) is 3.11. The molecule has 3 aromatic rings. The van der Waals surface area contributed by atoms with Gasteiger partial charge in [-0.05, 0) is 24.1 Å². The molecule has 5 heteroatoms. The predicted octanol–water partition coefficient (Wildman–Crippen LogP) is 5.24. The lowest BCUT2D eigenvalue weighted by Crippen LogP contribution is -2.12. The maximum atomic E-state index is 12.5. The molecule has 2 aromatic carbocycles. The van der Waals surface area contributed by atoms with Crippen molar-refractivity contribution in [1.29, 1.82) is 0 Å². The summed E-state index contributed by atoms with van der Waals surface area (Å²) >= 11 is 1.31. The van der Waals surface area contributed by atoms with E-state index in [4.69, 9.17) is 4.74 Å². The Morgan fingerprint density at radius 1 is 1.04 bits per heavy atom. The minimum atomic E-state index is -0.444. The molecule has 136 valence electrons. The van der Waals surface area contributed by atoms with Gasteiger partial charge in [-0.3, -0.25) is 4.79 Å². The maximum Gasteiger partial charge on any atom is 0.341 e. The van der Waals surface area contributed by atoms with Crippen LogP contribution in [0.1, 0.15) is 22.8 Å². The first-order valence-corrected chi connectivity index (χ1v) is 9.45. The van der Waals surface area contributed by atoms with E-state index in [9.17, 15) is 9.59 Å². The summed E-state index contributed by atoms with van der Waals surface area (Å²) < 4.78 is 5.20. The second kappa shape index (κ2) is 8.96. The first-order chi connectivity index (χ1) is 13.2. The van der Waals surface area contributed by atoms with Crippen LogP contribution in [0.4, 0.5) is 5.00 Å².